The van der Waals surface area contributed by atoms with Gasteiger partial charge in [-0.25, -0.2) is 29.9 Å². The number of benzene rings is 12. The average molecular weight is 1790 g/mol. The minimum atomic E-state index is -1.39. The van der Waals surface area contributed by atoms with Gasteiger partial charge in [-0.1, -0.05) is 296 Å². The minimum absolute atomic E-state index is 0.0283. The van der Waals surface area contributed by atoms with Crippen LogP contribution < -0.4 is 18.9 Å². The van der Waals surface area contributed by atoms with Gasteiger partial charge in [0.05, 0.1) is 105 Å². The second-order valence-electron chi connectivity index (χ2n) is 37.2. The fourth-order valence-electron chi connectivity index (χ4n) is 25.6. The van der Waals surface area contributed by atoms with E-state index in [-0.39, 0.29) is 95.3 Å². The van der Waals surface area contributed by atoms with Crippen LogP contribution in [0.2, 0.25) is 0 Å². The van der Waals surface area contributed by atoms with Gasteiger partial charge < -0.3 is 38.4 Å². The Bertz CT molecular complexity index is 7350. The zero-order chi connectivity index (χ0) is 91.8. The molecule has 4 aliphatic carbocycles. The maximum absolute atomic E-state index is 18.0. The zero-order valence-corrected chi connectivity index (χ0v) is 75.1. The number of aromatic amines is 2. The van der Waals surface area contributed by atoms with Crippen LogP contribution in [0.15, 0.2) is 279 Å². The number of Topliss-reactive ketones (excluding diaryl/α,β-unsaturated/α-hetero) is 2. The third-order valence-corrected chi connectivity index (χ3v) is 30.5. The summed E-state index contributed by atoms with van der Waals surface area (Å²) in [5, 5.41) is 28.5. The number of H-pyrrole nitrogens is 2. The number of rotatable bonds is 26. The average Bonchev–Trinajstić information content (AvgIpc) is 1.45. The summed E-state index contributed by atoms with van der Waals surface area (Å²) in [7, 11) is 0. The molecule has 3 aromatic heterocycles. The number of hydrogen-bond acceptors (Lipinski definition) is 18. The van der Waals surface area contributed by atoms with E-state index in [1.54, 1.807) is 12.1 Å². The number of non-ortho nitro benzene ring substituents is 2. The summed E-state index contributed by atoms with van der Waals surface area (Å²) in [5.74, 6) is -0.438. The molecule has 2 saturated carbocycles. The molecule has 12 atom stereocenters. The molecule has 10 aliphatic rings. The Morgan fingerprint density at radius 2 is 0.537 bits per heavy atom. The number of nitrogens with one attached hydrogen (secondary N) is 2. The number of ether oxygens (including phenoxy) is 6. The largest absolute Gasteiger partial charge is 0.492 e. The molecular formula is C114H92N10O12. The standard InChI is InChI=1S/C114H92N10O12/c1-5-9-57-131-93-77-78(98-90-89(97(77)135-98)111(67-45-29-17-30-46-67)85(63-37-21-13-22-38-63)86(64-39-23-14-24-40-64)112(90,109(111)125)68-47-31-18-32-48-68)94(132-58-10-6-2)82-81(93)105-117-101-73-55-53-71(123(127)128)61-75(73)103(115-101)119-107-83-84(108(122-107)120-104-76-62-72(124(129)130)54-56-74(76)102(116-104)118-106(82)121-105)96(134-60-12-8-4)80-79(95(83)133-59-11-7-3)99-91-92(100(80)136-99)114(70-51-35-20-36-52-70)88(66-43-27-16-28-44-66)87(65-41-25-15-26-42-65)113(91,110(114)126)69-49-33-19-34-50-69/h13-56,61-62,89-92,97-100H,5-12,57-60H2,1-4H3,(H2,115,116,117,118,119,120,121,122)/t89?,90?,91?,92?,97-,98+,99+,100-,111+,112-,113-,114+. The Labute approximate surface area is 782 Å². The van der Waals surface area contributed by atoms with E-state index in [4.69, 9.17) is 58.3 Å². The van der Waals surface area contributed by atoms with Crippen molar-refractivity contribution in [3.05, 3.63) is 366 Å². The number of nitrogens with zero attached hydrogens (tertiary/aromatic N) is 8. The first-order valence-electron chi connectivity index (χ1n) is 47.6. The van der Waals surface area contributed by atoms with Gasteiger partial charge in [0.25, 0.3) is 11.4 Å². The number of unbranched alkanes of at least 4 members (excludes halogenated alkanes) is 4. The molecule has 0 radical (unpaired) electrons. The number of carbonyl (C=O) groups is 2. The van der Waals surface area contributed by atoms with Crippen molar-refractivity contribution in [2.45, 2.75) is 125 Å². The molecular weight excluding hydrogens is 1700 g/mol. The highest BCUT2D eigenvalue weighted by Gasteiger charge is 2.85. The second-order valence-corrected chi connectivity index (χ2v) is 37.2. The lowest BCUT2D eigenvalue weighted by molar-refractivity contribution is -0.384. The van der Waals surface area contributed by atoms with Crippen molar-refractivity contribution >= 4 is 89.4 Å². The van der Waals surface area contributed by atoms with Gasteiger partial charge >= 0.3 is 0 Å². The molecule has 4 fully saturated rings. The van der Waals surface area contributed by atoms with Crippen LogP contribution in [-0.2, 0) is 40.7 Å². The number of aromatic nitrogens is 8. The Balaban J connectivity index is 0.793. The topological polar surface area (TPSA) is 285 Å². The predicted octanol–water partition coefficient (Wildman–Crippen LogP) is 24.3. The van der Waals surface area contributed by atoms with Gasteiger partial charge in [0.2, 0.25) is 0 Å². The second kappa shape index (κ2) is 31.7. The summed E-state index contributed by atoms with van der Waals surface area (Å²) in [6.07, 6.45) is 1.97. The molecule has 15 aromatic rings. The third-order valence-electron chi connectivity index (χ3n) is 30.5. The molecule has 136 heavy (non-hydrogen) atoms. The molecule has 6 aliphatic heterocycles. The number of allylic oxidation sites excluding steroid dienone is 4. The molecule has 2 N–H and O–H groups in total. The summed E-state index contributed by atoms with van der Waals surface area (Å²) < 4.78 is 46.5. The number of nitro groups is 2. The Morgan fingerprint density at radius 1 is 0.309 bits per heavy atom. The van der Waals surface area contributed by atoms with Crippen molar-refractivity contribution in [3.8, 4) is 68.5 Å². The number of nitro benzene ring substituents is 2. The highest BCUT2D eigenvalue weighted by Crippen LogP contribution is 2.86. The van der Waals surface area contributed by atoms with Crippen molar-refractivity contribution in [1.29, 1.82) is 0 Å². The SMILES string of the molecule is CCCCOc1c2c(c(OCCCC)c3c1[C@H]1O[C@@H]3C3C1[C@@]1(c4ccccc4)C(=O)[C@]3(c3ccccc3)C(c3ccccc3)=C1c1ccccc1)-c1nc-2nc2[nH]c(nc3nc(nc4[nH]c(n1)c1cc([N+](=O)[O-])ccc41)-c1c(OCCCC)c4c(c(OCCCC)c1-3)[C@@H]1O[C@H]4C3C1[C@]1(c4ccccc4)C(=O)[C@@]3(c3ccccc3)C(c3ccccc3)=C1c1ccccc1)c1ccc([N+](=O)[O-])cc21. The summed E-state index contributed by atoms with van der Waals surface area (Å²) in [6, 6.07) is 91.4. The first-order chi connectivity index (χ1) is 66.8. The molecule has 670 valence electrons. The van der Waals surface area contributed by atoms with Crippen LogP contribution in [-0.4, -0.2) is 87.7 Å². The van der Waals surface area contributed by atoms with E-state index >= 15 is 9.59 Å². The predicted molar refractivity (Wildman–Crippen MR) is 520 cm³/mol. The summed E-state index contributed by atoms with van der Waals surface area (Å²) >= 11 is 0. The molecule has 25 rings (SSSR count). The van der Waals surface area contributed by atoms with Crippen molar-refractivity contribution in [2.24, 2.45) is 23.7 Å². The Hall–Kier alpha value is -15.3. The van der Waals surface area contributed by atoms with Gasteiger partial charge in [-0.05, 0) is 105 Å². The molecule has 9 heterocycles. The fraction of sp³-hybridized carbons (Fsp3) is 0.246. The monoisotopic (exact) mass is 1790 g/mol. The highest BCUT2D eigenvalue weighted by molar-refractivity contribution is 6.32. The van der Waals surface area contributed by atoms with Gasteiger partial charge in [0.1, 0.15) is 45.6 Å². The van der Waals surface area contributed by atoms with Crippen LogP contribution >= 0.6 is 0 Å². The zero-order valence-electron chi connectivity index (χ0n) is 75.1. The van der Waals surface area contributed by atoms with E-state index in [0.29, 0.717) is 115 Å². The summed E-state index contributed by atoms with van der Waals surface area (Å²) in [5.41, 5.74) is 9.38. The normalized spacial score (nSPS) is 23.4. The molecule has 4 unspecified atom stereocenters. The van der Waals surface area contributed by atoms with Crippen molar-refractivity contribution in [3.63, 3.8) is 0 Å². The number of hydrogen-bond donors (Lipinski definition) is 2. The van der Waals surface area contributed by atoms with Crippen LogP contribution in [0.5, 0.6) is 23.0 Å². The van der Waals surface area contributed by atoms with Gasteiger partial charge in [0, 0.05) is 91.7 Å². The molecule has 12 aromatic carbocycles. The van der Waals surface area contributed by atoms with Gasteiger partial charge in [-0.15, -0.1) is 0 Å². The summed E-state index contributed by atoms with van der Waals surface area (Å²) in [4.78, 5) is 104. The Kier molecular flexibility index (Phi) is 19.3. The van der Waals surface area contributed by atoms with E-state index in [9.17, 15) is 20.2 Å². The smallest absolute Gasteiger partial charge is 0.270 e. The number of ketones is 2. The molecule has 22 heteroatoms. The van der Waals surface area contributed by atoms with Gasteiger partial charge in [-0.3, -0.25) is 29.8 Å². The lowest BCUT2D eigenvalue weighted by atomic mass is 9.54. The number of carbonyl (C=O) groups excluding carboxylic acids is 2. The van der Waals surface area contributed by atoms with Crippen LogP contribution in [0, 0.1) is 43.9 Å². The first-order valence-corrected chi connectivity index (χ1v) is 47.6. The molecule has 16 bridgehead atoms. The third kappa shape index (κ3) is 11.2. The highest BCUT2D eigenvalue weighted by atomic mass is 16.6. The van der Waals surface area contributed by atoms with Crippen LogP contribution in [0.3, 0.4) is 0 Å². The molecule has 0 spiro atoms. The lowest BCUT2D eigenvalue weighted by Crippen LogP contribution is -2.42. The Morgan fingerprint density at radius 3 is 0.765 bits per heavy atom. The minimum Gasteiger partial charge on any atom is -0.492 e. The molecule has 0 amide bonds. The first kappa shape index (κ1) is 82.6. The van der Waals surface area contributed by atoms with Crippen molar-refractivity contribution in [1.82, 2.24) is 39.9 Å². The van der Waals surface area contributed by atoms with Crippen molar-refractivity contribution in [2.75, 3.05) is 26.4 Å². The van der Waals surface area contributed by atoms with E-state index in [2.05, 4.69) is 135 Å². The fourth-order valence-corrected chi connectivity index (χ4v) is 25.6. The van der Waals surface area contributed by atoms with Crippen LogP contribution in [0.1, 0.15) is 170 Å². The van der Waals surface area contributed by atoms with E-state index in [1.165, 1.54) is 24.3 Å². The van der Waals surface area contributed by atoms with Crippen LogP contribution in [0.25, 0.3) is 112 Å². The van der Waals surface area contributed by atoms with Crippen molar-refractivity contribution < 1.29 is 47.9 Å². The maximum Gasteiger partial charge on any atom is 0.270 e. The van der Waals surface area contributed by atoms with E-state index in [0.717, 1.165) is 92.5 Å². The molecule has 22 nitrogen and oxygen atoms in total. The quantitative estimate of drug-likeness (QED) is 0.0289. The van der Waals surface area contributed by atoms with Crippen LogP contribution in [0.4, 0.5) is 11.4 Å². The van der Waals surface area contributed by atoms with E-state index in [1.807, 2.05) is 146 Å². The van der Waals surface area contributed by atoms with Gasteiger partial charge in [0.15, 0.2) is 34.9 Å². The van der Waals surface area contributed by atoms with Gasteiger partial charge in [-0.2, -0.15) is 0 Å². The lowest BCUT2D eigenvalue weighted by Gasteiger charge is -2.45. The summed E-state index contributed by atoms with van der Waals surface area (Å²) in [6.45, 7) is 9.26. The maximum atomic E-state index is 18.0. The number of fused-ring (bicyclic) bond motifs is 44. The van der Waals surface area contributed by atoms with E-state index < -0.39 is 79.6 Å². The molecule has 2 saturated heterocycles.